The van der Waals surface area contributed by atoms with E-state index in [1.165, 1.54) is 24.3 Å². The molecule has 0 bridgehead atoms. The fourth-order valence-electron chi connectivity index (χ4n) is 2.97. The Hall–Kier alpha value is -2.90. The van der Waals surface area contributed by atoms with Gasteiger partial charge in [-0.1, -0.05) is 18.2 Å². The molecule has 1 aliphatic heterocycles. The van der Waals surface area contributed by atoms with Gasteiger partial charge in [-0.25, -0.2) is 8.42 Å². The number of anilines is 1. The second kappa shape index (κ2) is 9.08. The van der Waals surface area contributed by atoms with Crippen LogP contribution >= 0.6 is 0 Å². The van der Waals surface area contributed by atoms with Gasteiger partial charge in [0.2, 0.25) is 10.0 Å². The Labute approximate surface area is 175 Å². The lowest BCUT2D eigenvalue weighted by Gasteiger charge is -2.27. The molecule has 168 valence electrons. The van der Waals surface area contributed by atoms with E-state index in [0.717, 1.165) is 22.5 Å². The van der Waals surface area contributed by atoms with Crippen LogP contribution < -0.4 is 10.1 Å². The van der Waals surface area contributed by atoms with Gasteiger partial charge in [0.1, 0.15) is 10.6 Å². The van der Waals surface area contributed by atoms with Crippen molar-refractivity contribution in [2.24, 2.45) is 0 Å². The van der Waals surface area contributed by atoms with Gasteiger partial charge in [-0.2, -0.15) is 4.31 Å². The molecule has 9 nitrogen and oxygen atoms in total. The van der Waals surface area contributed by atoms with Crippen molar-refractivity contribution in [2.45, 2.75) is 17.8 Å². The number of alkyl halides is 3. The van der Waals surface area contributed by atoms with Crippen LogP contribution in [-0.2, 0) is 21.3 Å². The summed E-state index contributed by atoms with van der Waals surface area (Å²) >= 11 is 0. The van der Waals surface area contributed by atoms with Crippen LogP contribution in [-0.4, -0.2) is 50.3 Å². The number of non-ortho nitro benzene ring substituents is 1. The summed E-state index contributed by atoms with van der Waals surface area (Å²) in [7, 11) is -4.12. The Morgan fingerprint density at radius 2 is 1.84 bits per heavy atom. The van der Waals surface area contributed by atoms with E-state index in [1.54, 1.807) is 0 Å². The van der Waals surface area contributed by atoms with Crippen molar-refractivity contribution < 1.29 is 36.0 Å². The van der Waals surface area contributed by atoms with E-state index < -0.39 is 32.7 Å². The molecule has 0 atom stereocenters. The Kier molecular flexibility index (Phi) is 6.67. The monoisotopic (exact) mass is 461 g/mol. The highest BCUT2D eigenvalue weighted by Gasteiger charge is 2.33. The van der Waals surface area contributed by atoms with Crippen LogP contribution in [0, 0.1) is 10.1 Å². The van der Waals surface area contributed by atoms with Gasteiger partial charge in [0, 0.05) is 37.3 Å². The first-order valence-electron chi connectivity index (χ1n) is 9.02. The molecule has 1 N–H and O–H groups in total. The zero-order chi connectivity index (χ0) is 22.6. The first-order valence-corrected chi connectivity index (χ1v) is 10.5. The van der Waals surface area contributed by atoms with Crippen molar-refractivity contribution >= 4 is 21.4 Å². The van der Waals surface area contributed by atoms with Crippen molar-refractivity contribution in [3.63, 3.8) is 0 Å². The van der Waals surface area contributed by atoms with Gasteiger partial charge >= 0.3 is 6.36 Å². The Bertz CT molecular complexity index is 1060. The maximum atomic E-state index is 13.1. The number of hydrogen-bond acceptors (Lipinski definition) is 7. The third kappa shape index (κ3) is 5.62. The summed E-state index contributed by atoms with van der Waals surface area (Å²) in [5, 5.41) is 13.9. The highest BCUT2D eigenvalue weighted by Crippen LogP contribution is 2.31. The smallest absolute Gasteiger partial charge is 0.405 e. The molecule has 2 aromatic carbocycles. The van der Waals surface area contributed by atoms with Gasteiger partial charge in [0.05, 0.1) is 23.8 Å². The molecule has 1 saturated heterocycles. The number of sulfonamides is 1. The van der Waals surface area contributed by atoms with Crippen LogP contribution in [0.4, 0.5) is 24.5 Å². The third-order valence-corrected chi connectivity index (χ3v) is 6.37. The molecular weight excluding hydrogens is 443 g/mol. The minimum absolute atomic E-state index is 0.0129. The molecule has 1 fully saturated rings. The number of nitro benzene ring substituents is 1. The fourth-order valence-corrected chi connectivity index (χ4v) is 4.57. The zero-order valence-corrected chi connectivity index (χ0v) is 16.8. The number of nitrogens with zero attached hydrogens (tertiary/aromatic N) is 2. The first-order chi connectivity index (χ1) is 14.6. The number of morpholine rings is 1. The number of benzene rings is 2. The summed E-state index contributed by atoms with van der Waals surface area (Å²) < 4.78 is 74.3. The van der Waals surface area contributed by atoms with Gasteiger partial charge in [-0.15, -0.1) is 13.2 Å². The van der Waals surface area contributed by atoms with Gasteiger partial charge in [-0.05, 0) is 12.1 Å². The lowest BCUT2D eigenvalue weighted by atomic mass is 10.2. The zero-order valence-electron chi connectivity index (χ0n) is 16.0. The summed E-state index contributed by atoms with van der Waals surface area (Å²) in [6, 6.07) is 8.62. The molecule has 1 heterocycles. The maximum absolute atomic E-state index is 13.1. The van der Waals surface area contributed by atoms with Gasteiger partial charge in [-0.3, -0.25) is 10.1 Å². The quantitative estimate of drug-likeness (QED) is 0.498. The molecule has 2 aromatic rings. The summed E-state index contributed by atoms with van der Waals surface area (Å²) in [4.78, 5) is 10.1. The second-order valence-electron chi connectivity index (χ2n) is 6.46. The lowest BCUT2D eigenvalue weighted by Crippen LogP contribution is -2.40. The maximum Gasteiger partial charge on any atom is 0.573 e. The molecule has 0 aliphatic carbocycles. The molecule has 0 radical (unpaired) electrons. The van der Waals surface area contributed by atoms with Gasteiger partial charge in [0.15, 0.2) is 0 Å². The summed E-state index contributed by atoms with van der Waals surface area (Å²) in [6.07, 6.45) is -4.89. The van der Waals surface area contributed by atoms with E-state index in [1.807, 2.05) is 0 Å². The molecule has 3 rings (SSSR count). The average molecular weight is 461 g/mol. The molecule has 31 heavy (non-hydrogen) atoms. The molecule has 13 heteroatoms. The van der Waals surface area contributed by atoms with Crippen molar-refractivity contribution in [2.75, 3.05) is 31.6 Å². The summed E-state index contributed by atoms with van der Waals surface area (Å²) in [5.41, 5.74) is -0.301. The van der Waals surface area contributed by atoms with Crippen molar-refractivity contribution in [3.05, 3.63) is 58.1 Å². The van der Waals surface area contributed by atoms with E-state index in [0.29, 0.717) is 0 Å². The molecule has 0 saturated carbocycles. The second-order valence-corrected chi connectivity index (χ2v) is 8.37. The Morgan fingerprint density at radius 3 is 2.48 bits per heavy atom. The minimum Gasteiger partial charge on any atom is -0.405 e. The van der Waals surface area contributed by atoms with Gasteiger partial charge < -0.3 is 14.8 Å². The predicted octanol–water partition coefficient (Wildman–Crippen LogP) is 3.13. The van der Waals surface area contributed by atoms with Crippen LogP contribution in [0.15, 0.2) is 47.4 Å². The SMILES string of the molecule is O=[N+]([O-])c1ccc(NCc2ccccc2OC(F)(F)F)c(S(=O)(=O)N2CCOCC2)c1. The largest absolute Gasteiger partial charge is 0.573 e. The van der Waals surface area contributed by atoms with E-state index in [4.69, 9.17) is 4.74 Å². The van der Waals surface area contributed by atoms with Crippen molar-refractivity contribution in [1.29, 1.82) is 0 Å². The molecule has 1 aliphatic rings. The van der Waals surface area contributed by atoms with Crippen LogP contribution in [0.5, 0.6) is 5.75 Å². The number of ether oxygens (including phenoxy) is 2. The van der Waals surface area contributed by atoms with E-state index in [2.05, 4.69) is 10.1 Å². The fraction of sp³-hybridized carbons (Fsp3) is 0.333. The summed E-state index contributed by atoms with van der Waals surface area (Å²) in [6.45, 7) is 0.299. The number of nitro groups is 1. The Morgan fingerprint density at radius 1 is 1.16 bits per heavy atom. The topological polar surface area (TPSA) is 111 Å². The highest BCUT2D eigenvalue weighted by molar-refractivity contribution is 7.89. The molecule has 0 spiro atoms. The highest BCUT2D eigenvalue weighted by atomic mass is 32.2. The Balaban J connectivity index is 1.93. The number of rotatable bonds is 7. The number of nitrogens with one attached hydrogen (secondary N) is 1. The third-order valence-electron chi connectivity index (χ3n) is 4.43. The number of hydrogen-bond donors (Lipinski definition) is 1. The normalized spacial score (nSPS) is 15.5. The minimum atomic E-state index is -4.89. The van der Waals surface area contributed by atoms with Crippen LogP contribution in [0.2, 0.25) is 0 Å². The van der Waals surface area contributed by atoms with E-state index in [-0.39, 0.29) is 49.0 Å². The van der Waals surface area contributed by atoms with Crippen LogP contribution in [0.3, 0.4) is 0 Å². The van der Waals surface area contributed by atoms with Crippen molar-refractivity contribution in [3.8, 4) is 5.75 Å². The predicted molar refractivity (Wildman–Crippen MR) is 103 cm³/mol. The standard InChI is InChI=1S/C18H18F3N3O6S/c19-18(20,21)30-16-4-2-1-3-13(16)12-22-15-6-5-14(24(25)26)11-17(15)31(27,28)23-7-9-29-10-8-23/h1-6,11,22H,7-10,12H2. The van der Waals surface area contributed by atoms with Gasteiger partial charge in [0.25, 0.3) is 5.69 Å². The molecular formula is C18H18F3N3O6S. The lowest BCUT2D eigenvalue weighted by molar-refractivity contribution is -0.385. The molecule has 0 unspecified atom stereocenters. The van der Waals surface area contributed by atoms with Crippen molar-refractivity contribution in [1.82, 2.24) is 4.31 Å². The van der Waals surface area contributed by atoms with Crippen LogP contribution in [0.25, 0.3) is 0 Å². The van der Waals surface area contributed by atoms with E-state index in [9.17, 15) is 31.7 Å². The molecule has 0 amide bonds. The van der Waals surface area contributed by atoms with Crippen LogP contribution in [0.1, 0.15) is 5.56 Å². The number of para-hydroxylation sites is 1. The summed E-state index contributed by atoms with van der Waals surface area (Å²) in [5.74, 6) is -0.443. The van der Waals surface area contributed by atoms with E-state index >= 15 is 0 Å². The molecule has 0 aromatic heterocycles. The first kappa shape index (κ1) is 22.8. The average Bonchev–Trinajstić information content (AvgIpc) is 2.72. The number of halogens is 3.